The molecular weight excluding hydrogens is 626 g/mol. The molecule has 256 valence electrons. The van der Waals surface area contributed by atoms with Gasteiger partial charge in [0.25, 0.3) is 11.8 Å². The molecular formula is C39H48ClN3O5. The molecule has 9 heteroatoms. The van der Waals surface area contributed by atoms with Gasteiger partial charge >= 0.3 is 6.03 Å². The van der Waals surface area contributed by atoms with Crippen LogP contribution >= 0.6 is 11.6 Å². The Hall–Kier alpha value is -4.17. The van der Waals surface area contributed by atoms with Crippen LogP contribution in [-0.4, -0.2) is 52.6 Å². The van der Waals surface area contributed by atoms with Crippen molar-refractivity contribution in [2.45, 2.75) is 96.6 Å². The van der Waals surface area contributed by atoms with Crippen molar-refractivity contribution < 1.29 is 23.9 Å². The summed E-state index contributed by atoms with van der Waals surface area (Å²) >= 11 is 6.29. The summed E-state index contributed by atoms with van der Waals surface area (Å²) in [7, 11) is 0. The number of nitrogens with one attached hydrogen (secondary N) is 1. The van der Waals surface area contributed by atoms with Crippen LogP contribution in [0, 0.1) is 0 Å². The third kappa shape index (κ3) is 10.9. The van der Waals surface area contributed by atoms with E-state index in [4.69, 9.17) is 16.3 Å². The molecule has 8 nitrogen and oxygen atoms in total. The molecule has 0 aromatic heterocycles. The van der Waals surface area contributed by atoms with Gasteiger partial charge in [0.05, 0.1) is 12.3 Å². The van der Waals surface area contributed by atoms with Crippen molar-refractivity contribution in [3.8, 4) is 5.75 Å². The lowest BCUT2D eigenvalue weighted by Gasteiger charge is -2.25. The maximum atomic E-state index is 13.9. The summed E-state index contributed by atoms with van der Waals surface area (Å²) in [4.78, 5) is 56.7. The van der Waals surface area contributed by atoms with Gasteiger partial charge in [0.1, 0.15) is 12.3 Å². The summed E-state index contributed by atoms with van der Waals surface area (Å²) in [5, 5.41) is 3.11. The fraction of sp³-hybridized carbons (Fsp3) is 0.436. The zero-order valence-corrected chi connectivity index (χ0v) is 28.8. The number of unbranched alkanes of at least 4 members (excludes halogenated alkanes) is 11. The van der Waals surface area contributed by atoms with Gasteiger partial charge in [-0.05, 0) is 30.2 Å². The molecule has 0 spiro atoms. The van der Waals surface area contributed by atoms with Gasteiger partial charge in [-0.3, -0.25) is 14.4 Å². The Morgan fingerprint density at radius 3 is 2.00 bits per heavy atom. The average Bonchev–Trinajstić information content (AvgIpc) is 3.36. The summed E-state index contributed by atoms with van der Waals surface area (Å²) in [6.45, 7) is 2.62. The number of Topliss-reactive ketones (excluding diaryl/α,β-unsaturated/α-hetero) is 1. The lowest BCUT2D eigenvalue weighted by Crippen LogP contribution is -2.52. The number of nitrogens with zero attached hydrogens (tertiary/aromatic N) is 2. The molecule has 1 heterocycles. The standard InChI is InChI=1S/C39H48ClN3O5/c1-2-3-4-5-6-7-8-9-10-11-12-19-26-48-34-25-24-32(40)27-33(34)41-38(46)36(37(45)31-22-17-14-18-23-31)43-35(44)29-42(39(43)47)28-30-20-15-13-16-21-30/h13-18,20-25,27,36H,2-12,19,26,28-29H2,1H3,(H,41,46). The third-order valence-corrected chi connectivity index (χ3v) is 8.79. The Bertz CT molecular complexity index is 1480. The summed E-state index contributed by atoms with van der Waals surface area (Å²) in [6.07, 6.45) is 14.8. The molecule has 1 aliphatic heterocycles. The minimum absolute atomic E-state index is 0.168. The number of ketones is 1. The van der Waals surface area contributed by atoms with E-state index in [2.05, 4.69) is 12.2 Å². The average molecular weight is 674 g/mol. The van der Waals surface area contributed by atoms with Crippen LogP contribution in [0.25, 0.3) is 0 Å². The highest BCUT2D eigenvalue weighted by molar-refractivity contribution is 6.31. The lowest BCUT2D eigenvalue weighted by atomic mass is 10.0. The van der Waals surface area contributed by atoms with Gasteiger partial charge in [-0.25, -0.2) is 9.69 Å². The van der Waals surface area contributed by atoms with E-state index in [1.165, 1.54) is 68.8 Å². The van der Waals surface area contributed by atoms with Crippen LogP contribution in [0.4, 0.5) is 10.5 Å². The van der Waals surface area contributed by atoms with Gasteiger partial charge in [-0.15, -0.1) is 0 Å². The molecule has 48 heavy (non-hydrogen) atoms. The largest absolute Gasteiger partial charge is 0.491 e. The molecule has 1 aliphatic rings. The second-order valence-corrected chi connectivity index (χ2v) is 12.8. The molecule has 0 bridgehead atoms. The van der Waals surface area contributed by atoms with Gasteiger partial charge in [0.2, 0.25) is 0 Å². The molecule has 1 unspecified atom stereocenters. The van der Waals surface area contributed by atoms with Crippen LogP contribution in [0.15, 0.2) is 78.9 Å². The summed E-state index contributed by atoms with van der Waals surface area (Å²) in [5.41, 5.74) is 1.29. The maximum absolute atomic E-state index is 13.9. The number of urea groups is 1. The van der Waals surface area contributed by atoms with E-state index in [1.54, 1.807) is 42.5 Å². The second-order valence-electron chi connectivity index (χ2n) is 12.4. The van der Waals surface area contributed by atoms with Crippen molar-refractivity contribution in [3.63, 3.8) is 0 Å². The number of amides is 4. The zero-order valence-electron chi connectivity index (χ0n) is 28.0. The first-order valence-electron chi connectivity index (χ1n) is 17.4. The highest BCUT2D eigenvalue weighted by Gasteiger charge is 2.47. The van der Waals surface area contributed by atoms with E-state index in [0.717, 1.165) is 29.7 Å². The minimum Gasteiger partial charge on any atom is -0.491 e. The Labute approximate surface area is 289 Å². The first-order chi connectivity index (χ1) is 23.4. The fourth-order valence-electron chi connectivity index (χ4n) is 5.91. The number of hydrogen-bond donors (Lipinski definition) is 1. The van der Waals surface area contributed by atoms with E-state index in [9.17, 15) is 19.2 Å². The SMILES string of the molecule is CCCCCCCCCCCCCCOc1ccc(Cl)cc1NC(=O)C(C(=O)c1ccccc1)N1C(=O)CN(Cc2ccccc2)C1=O. The number of rotatable bonds is 21. The first kappa shape index (κ1) is 36.7. The van der Waals surface area contributed by atoms with Crippen LogP contribution in [-0.2, 0) is 16.1 Å². The summed E-state index contributed by atoms with van der Waals surface area (Å²) < 4.78 is 6.05. The Morgan fingerprint density at radius 1 is 0.792 bits per heavy atom. The molecule has 1 N–H and O–H groups in total. The van der Waals surface area contributed by atoms with Crippen LogP contribution in [0.1, 0.15) is 99.9 Å². The number of imide groups is 1. The normalized spacial score (nSPS) is 13.5. The number of ether oxygens (including phenoxy) is 1. The smallest absolute Gasteiger partial charge is 0.328 e. The van der Waals surface area contributed by atoms with Crippen LogP contribution < -0.4 is 10.1 Å². The number of hydrogen-bond acceptors (Lipinski definition) is 5. The van der Waals surface area contributed by atoms with Crippen LogP contribution in [0.5, 0.6) is 5.75 Å². The third-order valence-electron chi connectivity index (χ3n) is 8.56. The van der Waals surface area contributed by atoms with Crippen LogP contribution in [0.2, 0.25) is 5.02 Å². The highest BCUT2D eigenvalue weighted by atomic mass is 35.5. The topological polar surface area (TPSA) is 96.0 Å². The van der Waals surface area contributed by atoms with Gasteiger partial charge in [0, 0.05) is 17.1 Å². The lowest BCUT2D eigenvalue weighted by molar-refractivity contribution is -0.131. The number of benzene rings is 3. The van der Waals surface area contributed by atoms with Crippen molar-refractivity contribution >= 4 is 40.9 Å². The van der Waals surface area contributed by atoms with E-state index >= 15 is 0 Å². The second kappa shape index (κ2) is 19.6. The number of anilines is 1. The molecule has 1 fully saturated rings. The maximum Gasteiger partial charge on any atom is 0.328 e. The van der Waals surface area contributed by atoms with Crippen molar-refractivity contribution in [2.24, 2.45) is 0 Å². The number of carbonyl (C=O) groups is 4. The molecule has 1 atom stereocenters. The quantitative estimate of drug-likeness (QED) is 0.0527. The Kier molecular flexibility index (Phi) is 15.0. The minimum atomic E-state index is -1.73. The van der Waals surface area contributed by atoms with Crippen LogP contribution in [0.3, 0.4) is 0 Å². The van der Waals surface area contributed by atoms with E-state index in [1.807, 2.05) is 30.3 Å². The molecule has 0 saturated carbocycles. The zero-order chi connectivity index (χ0) is 34.1. The summed E-state index contributed by atoms with van der Waals surface area (Å²) in [5.74, 6) is -1.73. The number of carbonyl (C=O) groups excluding carboxylic acids is 4. The fourth-order valence-corrected chi connectivity index (χ4v) is 6.09. The molecule has 0 aliphatic carbocycles. The molecule has 4 amide bonds. The van der Waals surface area contributed by atoms with Gasteiger partial charge in [-0.1, -0.05) is 150 Å². The highest BCUT2D eigenvalue weighted by Crippen LogP contribution is 2.30. The molecule has 0 radical (unpaired) electrons. The van der Waals surface area contributed by atoms with Gasteiger partial charge in [0.15, 0.2) is 11.8 Å². The molecule has 4 rings (SSSR count). The van der Waals surface area contributed by atoms with Crippen molar-refractivity contribution in [1.29, 1.82) is 0 Å². The van der Waals surface area contributed by atoms with E-state index in [0.29, 0.717) is 17.4 Å². The van der Waals surface area contributed by atoms with Gasteiger partial charge < -0.3 is 15.0 Å². The monoisotopic (exact) mass is 673 g/mol. The van der Waals surface area contributed by atoms with Crippen molar-refractivity contribution in [3.05, 3.63) is 95.0 Å². The Morgan fingerprint density at radius 2 is 1.38 bits per heavy atom. The summed E-state index contributed by atoms with van der Waals surface area (Å²) in [6, 6.07) is 19.8. The Balaban J connectivity index is 1.37. The predicted octanol–water partition coefficient (Wildman–Crippen LogP) is 9.07. The van der Waals surface area contributed by atoms with Crippen molar-refractivity contribution in [2.75, 3.05) is 18.5 Å². The molecule has 3 aromatic rings. The predicted molar refractivity (Wildman–Crippen MR) is 190 cm³/mol. The molecule has 1 saturated heterocycles. The van der Waals surface area contributed by atoms with E-state index < -0.39 is 29.7 Å². The number of halogens is 1. The van der Waals surface area contributed by atoms with Crippen molar-refractivity contribution in [1.82, 2.24) is 9.80 Å². The van der Waals surface area contributed by atoms with E-state index in [-0.39, 0.29) is 24.3 Å². The van der Waals surface area contributed by atoms with Gasteiger partial charge in [-0.2, -0.15) is 0 Å². The molecule has 3 aromatic carbocycles. The first-order valence-corrected chi connectivity index (χ1v) is 17.7.